The van der Waals surface area contributed by atoms with Gasteiger partial charge in [0.25, 0.3) is 0 Å². The highest BCUT2D eigenvalue weighted by atomic mass is 16.5. The van der Waals surface area contributed by atoms with Gasteiger partial charge in [-0.05, 0) is 7.05 Å². The van der Waals surface area contributed by atoms with Gasteiger partial charge in [-0.2, -0.15) is 0 Å². The minimum Gasteiger partial charge on any atom is -0.381 e. The van der Waals surface area contributed by atoms with E-state index in [4.69, 9.17) is 9.47 Å². The quantitative estimate of drug-likeness (QED) is 0.676. The topological polar surface area (TPSA) is 24.9 Å². The van der Waals surface area contributed by atoms with E-state index in [-0.39, 0.29) is 0 Å². The van der Waals surface area contributed by atoms with Crippen molar-refractivity contribution in [3.63, 3.8) is 0 Å². The summed E-state index contributed by atoms with van der Waals surface area (Å²) in [7, 11) is 3.95. The van der Waals surface area contributed by atoms with Gasteiger partial charge < -0.3 is 14.4 Å². The third kappa shape index (κ3) is 3.14. The number of likely N-dealkylation sites (N-methyl/N-ethyl adjacent to an activating group) is 1. The molecule has 0 bridgehead atoms. The van der Waals surface area contributed by atoms with Crippen LogP contribution in [0.2, 0.25) is 0 Å². The van der Waals surface area contributed by atoms with E-state index >= 15 is 0 Å². The molecular formula is C11H22N2O2. The van der Waals surface area contributed by atoms with Gasteiger partial charge in [0, 0.05) is 46.1 Å². The second-order valence-electron chi connectivity index (χ2n) is 4.67. The Morgan fingerprint density at radius 2 is 1.73 bits per heavy atom. The zero-order chi connectivity index (χ0) is 10.7. The summed E-state index contributed by atoms with van der Waals surface area (Å²) in [5, 5.41) is 0. The van der Waals surface area contributed by atoms with Gasteiger partial charge in [0.15, 0.2) is 0 Å². The highest BCUT2D eigenvalue weighted by Gasteiger charge is 2.30. The number of piperazine rings is 1. The van der Waals surface area contributed by atoms with Crippen LogP contribution in [0.3, 0.4) is 0 Å². The molecule has 0 N–H and O–H groups in total. The molecule has 2 rings (SSSR count). The molecule has 1 saturated carbocycles. The predicted octanol–water partition coefficient (Wildman–Crippen LogP) is 0.385. The molecule has 4 nitrogen and oxygen atoms in total. The molecule has 1 heterocycles. The molecule has 1 aliphatic carbocycles. The van der Waals surface area contributed by atoms with Crippen LogP contribution in [0.1, 0.15) is 12.8 Å². The Bertz CT molecular complexity index is 187. The first-order valence-electron chi connectivity index (χ1n) is 5.83. The van der Waals surface area contributed by atoms with E-state index in [9.17, 15) is 0 Å². The van der Waals surface area contributed by atoms with Crippen LogP contribution in [0.25, 0.3) is 0 Å². The molecule has 88 valence electrons. The van der Waals surface area contributed by atoms with Gasteiger partial charge in [-0.25, -0.2) is 0 Å². The van der Waals surface area contributed by atoms with Crippen LogP contribution in [0.5, 0.6) is 0 Å². The second kappa shape index (κ2) is 5.25. The Balaban J connectivity index is 1.55. The van der Waals surface area contributed by atoms with Crippen LogP contribution >= 0.6 is 0 Å². The van der Waals surface area contributed by atoms with Crippen molar-refractivity contribution in [2.24, 2.45) is 0 Å². The molecule has 2 fully saturated rings. The van der Waals surface area contributed by atoms with E-state index in [1.54, 1.807) is 7.11 Å². The fourth-order valence-corrected chi connectivity index (χ4v) is 2.03. The zero-order valence-corrected chi connectivity index (χ0v) is 9.82. The summed E-state index contributed by atoms with van der Waals surface area (Å²) < 4.78 is 11.0. The van der Waals surface area contributed by atoms with Gasteiger partial charge in [-0.3, -0.25) is 4.90 Å². The lowest BCUT2D eigenvalue weighted by atomic mass is 9.92. The Hall–Kier alpha value is -0.160. The smallest absolute Gasteiger partial charge is 0.0994 e. The molecule has 1 aliphatic heterocycles. The monoisotopic (exact) mass is 214 g/mol. The fraction of sp³-hybridized carbons (Fsp3) is 1.00. The van der Waals surface area contributed by atoms with Gasteiger partial charge >= 0.3 is 0 Å². The largest absolute Gasteiger partial charge is 0.381 e. The van der Waals surface area contributed by atoms with Crippen molar-refractivity contribution < 1.29 is 9.47 Å². The van der Waals surface area contributed by atoms with Crippen molar-refractivity contribution in [3.05, 3.63) is 0 Å². The van der Waals surface area contributed by atoms with Crippen LogP contribution in [0, 0.1) is 0 Å². The van der Waals surface area contributed by atoms with E-state index < -0.39 is 0 Å². The number of rotatable bonds is 4. The first kappa shape index (κ1) is 11.3. The Labute approximate surface area is 92.1 Å². The average Bonchev–Trinajstić information content (AvgIpc) is 2.19. The molecule has 0 radical (unpaired) electrons. The van der Waals surface area contributed by atoms with Crippen molar-refractivity contribution in [2.75, 3.05) is 47.1 Å². The number of ether oxygens (including phenoxy) is 2. The van der Waals surface area contributed by atoms with Gasteiger partial charge in [0.1, 0.15) is 0 Å². The van der Waals surface area contributed by atoms with E-state index in [1.165, 1.54) is 0 Å². The van der Waals surface area contributed by atoms with Crippen LogP contribution < -0.4 is 0 Å². The lowest BCUT2D eigenvalue weighted by molar-refractivity contribution is -0.118. The van der Waals surface area contributed by atoms with Crippen LogP contribution in [0.15, 0.2) is 0 Å². The minimum atomic E-state index is 0.439. The molecule has 0 aromatic heterocycles. The second-order valence-corrected chi connectivity index (χ2v) is 4.67. The maximum Gasteiger partial charge on any atom is 0.0994 e. The van der Waals surface area contributed by atoms with Crippen LogP contribution in [-0.2, 0) is 9.47 Å². The summed E-state index contributed by atoms with van der Waals surface area (Å²) in [6.07, 6.45) is 3.03. The number of hydrogen-bond donors (Lipinski definition) is 0. The molecule has 1 saturated heterocycles. The summed E-state index contributed by atoms with van der Waals surface area (Å²) >= 11 is 0. The van der Waals surface area contributed by atoms with Gasteiger partial charge in [-0.1, -0.05) is 0 Å². The highest BCUT2D eigenvalue weighted by Crippen LogP contribution is 2.25. The highest BCUT2D eigenvalue weighted by molar-refractivity contribution is 4.80. The van der Waals surface area contributed by atoms with Gasteiger partial charge in [-0.15, -0.1) is 0 Å². The van der Waals surface area contributed by atoms with E-state index in [0.29, 0.717) is 12.2 Å². The first-order valence-corrected chi connectivity index (χ1v) is 5.83. The molecule has 2 aliphatic rings. The summed E-state index contributed by atoms with van der Waals surface area (Å²) in [6, 6.07) is 0. The fourth-order valence-electron chi connectivity index (χ4n) is 2.03. The SMILES string of the molecule is COC1CC(OCN2CCN(C)CC2)C1. The number of hydrogen-bond acceptors (Lipinski definition) is 4. The van der Waals surface area contributed by atoms with Crippen molar-refractivity contribution >= 4 is 0 Å². The maximum atomic E-state index is 5.81. The van der Waals surface area contributed by atoms with Crippen LogP contribution in [-0.4, -0.2) is 69.1 Å². The molecule has 0 aromatic rings. The Morgan fingerprint density at radius 1 is 1.07 bits per heavy atom. The van der Waals surface area contributed by atoms with Gasteiger partial charge in [0.05, 0.1) is 18.9 Å². The standard InChI is InChI=1S/C11H22N2O2/c1-12-3-5-13(6-4-12)9-15-11-7-10(8-11)14-2/h10-11H,3-9H2,1-2H3. The van der Waals surface area contributed by atoms with Crippen LogP contribution in [0.4, 0.5) is 0 Å². The summed E-state index contributed by atoms with van der Waals surface area (Å²) in [4.78, 5) is 4.75. The van der Waals surface area contributed by atoms with Crippen molar-refractivity contribution in [1.82, 2.24) is 9.80 Å². The molecule has 15 heavy (non-hydrogen) atoms. The predicted molar refractivity (Wildman–Crippen MR) is 58.8 cm³/mol. The van der Waals surface area contributed by atoms with Gasteiger partial charge in [0.2, 0.25) is 0 Å². The summed E-state index contributed by atoms with van der Waals surface area (Å²) in [5.74, 6) is 0. The molecule has 0 aromatic carbocycles. The molecule has 0 unspecified atom stereocenters. The van der Waals surface area contributed by atoms with Crippen molar-refractivity contribution in [2.45, 2.75) is 25.0 Å². The van der Waals surface area contributed by atoms with E-state index in [2.05, 4.69) is 16.8 Å². The molecule has 4 heteroatoms. The maximum absolute atomic E-state index is 5.81. The molecular weight excluding hydrogens is 192 g/mol. The zero-order valence-electron chi connectivity index (χ0n) is 9.82. The molecule has 0 atom stereocenters. The van der Waals surface area contributed by atoms with Crippen molar-refractivity contribution in [1.29, 1.82) is 0 Å². The Morgan fingerprint density at radius 3 is 2.33 bits per heavy atom. The molecule has 0 spiro atoms. The number of methoxy groups -OCH3 is 1. The van der Waals surface area contributed by atoms with E-state index in [0.717, 1.165) is 45.8 Å². The molecule has 0 amide bonds. The average molecular weight is 214 g/mol. The normalized spacial score (nSPS) is 34.0. The summed E-state index contributed by atoms with van der Waals surface area (Å²) in [6.45, 7) is 5.40. The lowest BCUT2D eigenvalue weighted by Gasteiger charge is -2.37. The Kier molecular flexibility index (Phi) is 3.97. The third-order valence-corrected chi connectivity index (χ3v) is 3.47. The summed E-state index contributed by atoms with van der Waals surface area (Å²) in [5.41, 5.74) is 0. The third-order valence-electron chi connectivity index (χ3n) is 3.47. The number of nitrogens with zero attached hydrogens (tertiary/aromatic N) is 2. The minimum absolute atomic E-state index is 0.439. The first-order chi connectivity index (χ1) is 7.28. The lowest BCUT2D eigenvalue weighted by Crippen LogP contribution is -2.47. The van der Waals surface area contributed by atoms with E-state index in [1.807, 2.05) is 0 Å². The van der Waals surface area contributed by atoms with Crippen molar-refractivity contribution in [3.8, 4) is 0 Å².